The zero-order valence-corrected chi connectivity index (χ0v) is 23.7. The van der Waals surface area contributed by atoms with E-state index in [4.69, 9.17) is 9.97 Å². The van der Waals surface area contributed by atoms with Crippen LogP contribution in [0.4, 0.5) is 10.3 Å². The van der Waals surface area contributed by atoms with Crippen LogP contribution in [0.3, 0.4) is 0 Å². The number of fused-ring (bicyclic) bond motifs is 1. The van der Waals surface area contributed by atoms with Crippen molar-refractivity contribution in [3.8, 4) is 10.6 Å². The number of aromatic nitrogens is 3. The smallest absolute Gasteiger partial charge is 0.203 e. The molecule has 0 bridgehead atoms. The minimum absolute atomic E-state index is 0.229. The summed E-state index contributed by atoms with van der Waals surface area (Å²) in [4.78, 5) is 17.7. The normalized spacial score (nSPS) is 15.1. The minimum Gasteiger partial charge on any atom is -0.340 e. The number of imidazole rings is 1. The molecule has 1 saturated heterocycles. The molecule has 1 aliphatic rings. The molecule has 1 N–H and O–H groups in total. The Balaban J connectivity index is 1.25. The molecule has 0 radical (unpaired) electrons. The molecule has 0 spiro atoms. The number of benzene rings is 2. The summed E-state index contributed by atoms with van der Waals surface area (Å²) < 4.78 is 16.9. The van der Waals surface area contributed by atoms with Crippen LogP contribution in [-0.4, -0.2) is 46.0 Å². The van der Waals surface area contributed by atoms with Gasteiger partial charge >= 0.3 is 0 Å². The lowest BCUT2D eigenvalue weighted by Crippen LogP contribution is -2.46. The van der Waals surface area contributed by atoms with Crippen molar-refractivity contribution < 1.29 is 4.39 Å². The predicted octanol–water partition coefficient (Wildman–Crippen LogP) is 7.20. The van der Waals surface area contributed by atoms with Crippen molar-refractivity contribution >= 4 is 92.0 Å². The van der Waals surface area contributed by atoms with E-state index < -0.39 is 0 Å². The fourth-order valence-electron chi connectivity index (χ4n) is 3.69. The topological polar surface area (TPSA) is 48.1 Å². The molecule has 3 heterocycles. The summed E-state index contributed by atoms with van der Waals surface area (Å²) in [5.74, 6) is 0.645. The standard InChI is InChI=1S/C21H16Br4FN5S/c22-14-15(23)17(25)19-18(16(14)24)28-21(29-19)31-7-5-30(6-8-31)9-13-10-32-20(27-13)11-1-3-12(26)4-2-11/h1-4,10H,5-9H2,(H,28,29). The minimum atomic E-state index is -0.229. The van der Waals surface area contributed by atoms with Gasteiger partial charge in [0.2, 0.25) is 5.95 Å². The molecule has 32 heavy (non-hydrogen) atoms. The highest BCUT2D eigenvalue weighted by molar-refractivity contribution is 9.15. The van der Waals surface area contributed by atoms with Crippen LogP contribution in [0.15, 0.2) is 47.5 Å². The Kier molecular flexibility index (Phi) is 6.75. The van der Waals surface area contributed by atoms with Gasteiger partial charge in [-0.25, -0.2) is 14.4 Å². The number of aromatic amines is 1. The number of H-pyrrole nitrogens is 1. The zero-order valence-electron chi connectivity index (χ0n) is 16.5. The quantitative estimate of drug-likeness (QED) is 0.180. The van der Waals surface area contributed by atoms with Gasteiger partial charge < -0.3 is 9.88 Å². The Morgan fingerprint density at radius 1 is 0.906 bits per heavy atom. The first-order chi connectivity index (χ1) is 15.4. The van der Waals surface area contributed by atoms with E-state index in [0.29, 0.717) is 0 Å². The van der Waals surface area contributed by atoms with Crippen LogP contribution in [0.25, 0.3) is 21.6 Å². The van der Waals surface area contributed by atoms with Crippen molar-refractivity contribution in [3.63, 3.8) is 0 Å². The SMILES string of the molecule is Fc1ccc(-c2nc(CN3CCN(c4nc5c(Br)c(Br)c(Br)c(Br)c5[nH]4)CC3)cs2)cc1. The molecule has 1 fully saturated rings. The average molecular weight is 709 g/mol. The first-order valence-corrected chi connectivity index (χ1v) is 13.8. The number of anilines is 1. The highest BCUT2D eigenvalue weighted by Gasteiger charge is 2.23. The molecule has 0 unspecified atom stereocenters. The Labute approximate surface area is 221 Å². The second-order valence-electron chi connectivity index (χ2n) is 7.45. The second kappa shape index (κ2) is 9.42. The number of halogens is 5. The fraction of sp³-hybridized carbons (Fsp3) is 0.238. The molecule has 4 aromatic rings. The summed E-state index contributed by atoms with van der Waals surface area (Å²) in [7, 11) is 0. The molecule has 0 atom stereocenters. The zero-order chi connectivity index (χ0) is 22.4. The van der Waals surface area contributed by atoms with E-state index in [1.54, 1.807) is 23.5 Å². The first-order valence-electron chi connectivity index (χ1n) is 9.80. The monoisotopic (exact) mass is 705 g/mol. The lowest BCUT2D eigenvalue weighted by Gasteiger charge is -2.34. The molecule has 2 aromatic heterocycles. The van der Waals surface area contributed by atoms with Crippen molar-refractivity contribution in [2.75, 3.05) is 31.1 Å². The van der Waals surface area contributed by atoms with E-state index in [9.17, 15) is 4.39 Å². The number of hydrogen-bond acceptors (Lipinski definition) is 5. The molecular weight excluding hydrogens is 693 g/mol. The average Bonchev–Trinajstić information content (AvgIpc) is 3.45. The Morgan fingerprint density at radius 2 is 1.59 bits per heavy atom. The van der Waals surface area contributed by atoms with Gasteiger partial charge in [-0.15, -0.1) is 11.3 Å². The molecule has 0 saturated carbocycles. The van der Waals surface area contributed by atoms with E-state index in [0.717, 1.165) is 83.9 Å². The molecule has 11 heteroatoms. The third kappa shape index (κ3) is 4.44. The molecular formula is C21H16Br4FN5S. The summed E-state index contributed by atoms with van der Waals surface area (Å²) >= 11 is 16.1. The van der Waals surface area contributed by atoms with Gasteiger partial charge in [0, 0.05) is 52.6 Å². The summed E-state index contributed by atoms with van der Waals surface area (Å²) in [5.41, 5.74) is 3.85. The van der Waals surface area contributed by atoms with Crippen LogP contribution in [0.5, 0.6) is 0 Å². The van der Waals surface area contributed by atoms with E-state index in [1.807, 2.05) is 0 Å². The highest BCUT2D eigenvalue weighted by atomic mass is 79.9. The molecule has 1 aliphatic heterocycles. The van der Waals surface area contributed by atoms with Crippen LogP contribution in [0, 0.1) is 5.82 Å². The van der Waals surface area contributed by atoms with E-state index in [1.165, 1.54) is 12.1 Å². The maximum Gasteiger partial charge on any atom is 0.203 e. The number of piperazine rings is 1. The van der Waals surface area contributed by atoms with Gasteiger partial charge in [0.15, 0.2) is 0 Å². The van der Waals surface area contributed by atoms with Gasteiger partial charge in [-0.2, -0.15) is 0 Å². The lowest BCUT2D eigenvalue weighted by atomic mass is 10.2. The van der Waals surface area contributed by atoms with E-state index in [-0.39, 0.29) is 5.82 Å². The molecule has 0 aliphatic carbocycles. The van der Waals surface area contributed by atoms with Gasteiger partial charge in [0.1, 0.15) is 16.3 Å². The van der Waals surface area contributed by atoms with Crippen LogP contribution in [0.2, 0.25) is 0 Å². The van der Waals surface area contributed by atoms with Crippen molar-refractivity contribution in [3.05, 3.63) is 59.0 Å². The number of nitrogens with zero attached hydrogens (tertiary/aromatic N) is 4. The lowest BCUT2D eigenvalue weighted by molar-refractivity contribution is 0.246. The summed E-state index contributed by atoms with van der Waals surface area (Å²) in [6.07, 6.45) is 0. The fourth-order valence-corrected chi connectivity index (χ4v) is 6.79. The molecule has 0 amide bonds. The number of rotatable bonds is 4. The van der Waals surface area contributed by atoms with Crippen molar-refractivity contribution in [1.29, 1.82) is 0 Å². The van der Waals surface area contributed by atoms with Crippen molar-refractivity contribution in [2.24, 2.45) is 0 Å². The van der Waals surface area contributed by atoms with Crippen LogP contribution in [0.1, 0.15) is 5.69 Å². The molecule has 166 valence electrons. The third-order valence-electron chi connectivity index (χ3n) is 5.40. The first kappa shape index (κ1) is 22.9. The Bertz CT molecular complexity index is 1240. The summed E-state index contributed by atoms with van der Waals surface area (Å²) in [6.45, 7) is 4.42. The Morgan fingerprint density at radius 3 is 2.31 bits per heavy atom. The van der Waals surface area contributed by atoms with Gasteiger partial charge in [0.05, 0.1) is 20.2 Å². The third-order valence-corrected chi connectivity index (χ3v) is 11.1. The van der Waals surface area contributed by atoms with Gasteiger partial charge in [0.25, 0.3) is 0 Å². The van der Waals surface area contributed by atoms with E-state index >= 15 is 0 Å². The van der Waals surface area contributed by atoms with Crippen LogP contribution < -0.4 is 4.90 Å². The van der Waals surface area contributed by atoms with Crippen molar-refractivity contribution in [1.82, 2.24) is 19.9 Å². The molecule has 5 nitrogen and oxygen atoms in total. The van der Waals surface area contributed by atoms with Crippen LogP contribution >= 0.6 is 75.1 Å². The maximum absolute atomic E-state index is 13.2. The van der Waals surface area contributed by atoms with E-state index in [2.05, 4.69) is 83.9 Å². The Hall–Kier alpha value is -0.850. The number of thiazole rings is 1. The second-order valence-corrected chi connectivity index (χ2v) is 11.5. The van der Waals surface area contributed by atoms with Gasteiger partial charge in [-0.3, -0.25) is 4.90 Å². The molecule has 5 rings (SSSR count). The van der Waals surface area contributed by atoms with Crippen LogP contribution in [-0.2, 0) is 6.54 Å². The van der Waals surface area contributed by atoms with Crippen molar-refractivity contribution in [2.45, 2.75) is 6.54 Å². The number of nitrogens with one attached hydrogen (secondary N) is 1. The highest BCUT2D eigenvalue weighted by Crippen LogP contribution is 2.43. The largest absolute Gasteiger partial charge is 0.340 e. The maximum atomic E-state index is 13.2. The number of hydrogen-bond donors (Lipinski definition) is 1. The summed E-state index contributed by atoms with van der Waals surface area (Å²) in [5, 5.41) is 3.02. The predicted molar refractivity (Wildman–Crippen MR) is 142 cm³/mol. The van der Waals surface area contributed by atoms with Gasteiger partial charge in [-0.05, 0) is 88.0 Å². The molecule has 2 aromatic carbocycles. The van der Waals surface area contributed by atoms with Gasteiger partial charge in [-0.1, -0.05) is 0 Å². The summed E-state index contributed by atoms with van der Waals surface area (Å²) in [6, 6.07) is 6.50.